The van der Waals surface area contributed by atoms with Crippen LogP contribution in [0.5, 0.6) is 5.75 Å². The van der Waals surface area contributed by atoms with Crippen molar-refractivity contribution in [3.05, 3.63) is 64.2 Å². The zero-order chi connectivity index (χ0) is 13.2. The molecule has 5 nitrogen and oxygen atoms in total. The normalized spacial score (nSPS) is 10.8. The fraction of sp³-hybridized carbons (Fsp3) is 0.143. The van der Waals surface area contributed by atoms with Gasteiger partial charge in [0.25, 0.3) is 5.56 Å². The van der Waals surface area contributed by atoms with Crippen molar-refractivity contribution in [1.82, 2.24) is 14.6 Å². The Morgan fingerprint density at radius 1 is 1.21 bits per heavy atom. The standard InChI is InChI=1S/C14H13N3O2/c1-19-11-7-5-10(6-8-11)9-12-15-13-3-2-4-14(18)17(13)16-12/h2-8H,9H2,1H3,(H,15,16). The smallest absolute Gasteiger partial charge is 0.271 e. The summed E-state index contributed by atoms with van der Waals surface area (Å²) in [7, 11) is 1.64. The molecular weight excluding hydrogens is 242 g/mol. The number of H-pyrrole nitrogens is 1. The number of aromatic nitrogens is 3. The number of aromatic amines is 1. The Labute approximate surface area is 109 Å². The number of hydrogen-bond acceptors (Lipinski definition) is 3. The van der Waals surface area contributed by atoms with Crippen LogP contribution in [0.3, 0.4) is 0 Å². The van der Waals surface area contributed by atoms with Gasteiger partial charge in [0, 0.05) is 12.5 Å². The molecule has 0 spiro atoms. The van der Waals surface area contributed by atoms with E-state index in [1.807, 2.05) is 24.3 Å². The SMILES string of the molecule is COc1ccc(Cc2nc3cccc(=O)n3[nH]2)cc1. The van der Waals surface area contributed by atoms with Crippen molar-refractivity contribution >= 4 is 5.65 Å². The number of benzene rings is 1. The zero-order valence-corrected chi connectivity index (χ0v) is 10.5. The number of rotatable bonds is 3. The van der Waals surface area contributed by atoms with Crippen LogP contribution in [-0.4, -0.2) is 21.7 Å². The topological polar surface area (TPSA) is 59.4 Å². The second-order valence-electron chi connectivity index (χ2n) is 4.25. The molecule has 0 aliphatic carbocycles. The summed E-state index contributed by atoms with van der Waals surface area (Å²) in [4.78, 5) is 16.0. The molecule has 3 aromatic rings. The van der Waals surface area contributed by atoms with Crippen molar-refractivity contribution in [2.45, 2.75) is 6.42 Å². The molecule has 19 heavy (non-hydrogen) atoms. The molecule has 0 radical (unpaired) electrons. The van der Waals surface area contributed by atoms with Crippen LogP contribution in [-0.2, 0) is 6.42 Å². The molecule has 2 heterocycles. The first-order valence-corrected chi connectivity index (χ1v) is 5.96. The molecule has 0 bridgehead atoms. The number of nitrogens with one attached hydrogen (secondary N) is 1. The maximum Gasteiger partial charge on any atom is 0.271 e. The van der Waals surface area contributed by atoms with Crippen molar-refractivity contribution in [2.24, 2.45) is 0 Å². The minimum absolute atomic E-state index is 0.106. The number of ether oxygens (including phenoxy) is 1. The highest BCUT2D eigenvalue weighted by Crippen LogP contribution is 2.13. The van der Waals surface area contributed by atoms with Gasteiger partial charge in [-0.15, -0.1) is 0 Å². The van der Waals surface area contributed by atoms with E-state index in [0.29, 0.717) is 12.1 Å². The highest BCUT2D eigenvalue weighted by Gasteiger charge is 2.04. The Morgan fingerprint density at radius 2 is 2.00 bits per heavy atom. The van der Waals surface area contributed by atoms with E-state index in [0.717, 1.165) is 17.1 Å². The fourth-order valence-electron chi connectivity index (χ4n) is 1.99. The minimum Gasteiger partial charge on any atom is -0.497 e. The van der Waals surface area contributed by atoms with Gasteiger partial charge in [-0.2, -0.15) is 0 Å². The van der Waals surface area contributed by atoms with E-state index >= 15 is 0 Å². The first-order chi connectivity index (χ1) is 9.26. The predicted molar refractivity (Wildman–Crippen MR) is 71.6 cm³/mol. The molecular formula is C14H13N3O2. The van der Waals surface area contributed by atoms with E-state index in [1.54, 1.807) is 19.2 Å². The molecule has 5 heteroatoms. The van der Waals surface area contributed by atoms with Gasteiger partial charge >= 0.3 is 0 Å². The molecule has 0 aliphatic rings. The molecule has 96 valence electrons. The van der Waals surface area contributed by atoms with Gasteiger partial charge in [-0.1, -0.05) is 18.2 Å². The lowest BCUT2D eigenvalue weighted by molar-refractivity contribution is 0.414. The maximum absolute atomic E-state index is 11.6. The van der Waals surface area contributed by atoms with E-state index in [1.165, 1.54) is 10.6 Å². The average Bonchev–Trinajstić information content (AvgIpc) is 2.84. The lowest BCUT2D eigenvalue weighted by Crippen LogP contribution is -2.11. The second kappa shape index (κ2) is 4.61. The summed E-state index contributed by atoms with van der Waals surface area (Å²) in [6.07, 6.45) is 0.644. The van der Waals surface area contributed by atoms with Crippen LogP contribution < -0.4 is 10.3 Å². The van der Waals surface area contributed by atoms with Gasteiger partial charge < -0.3 is 4.74 Å². The van der Waals surface area contributed by atoms with E-state index in [2.05, 4.69) is 10.1 Å². The predicted octanol–water partition coefficient (Wildman–Crippen LogP) is 1.62. The molecule has 0 fully saturated rings. The van der Waals surface area contributed by atoms with E-state index in [-0.39, 0.29) is 5.56 Å². The summed E-state index contributed by atoms with van der Waals surface area (Å²) in [6, 6.07) is 12.8. The van der Waals surface area contributed by atoms with Crippen LogP contribution in [0.4, 0.5) is 0 Å². The highest BCUT2D eigenvalue weighted by molar-refractivity contribution is 5.37. The van der Waals surface area contributed by atoms with Gasteiger partial charge in [0.2, 0.25) is 0 Å². The molecule has 0 atom stereocenters. The van der Waals surface area contributed by atoms with Crippen molar-refractivity contribution in [3.63, 3.8) is 0 Å². The van der Waals surface area contributed by atoms with Gasteiger partial charge in [-0.25, -0.2) is 9.50 Å². The zero-order valence-electron chi connectivity index (χ0n) is 10.5. The molecule has 1 aromatic carbocycles. The van der Waals surface area contributed by atoms with Crippen LogP contribution in [0.1, 0.15) is 11.4 Å². The maximum atomic E-state index is 11.6. The summed E-state index contributed by atoms with van der Waals surface area (Å²) < 4.78 is 6.56. The van der Waals surface area contributed by atoms with Gasteiger partial charge in [0.15, 0.2) is 5.65 Å². The molecule has 0 unspecified atom stereocenters. The Kier molecular flexibility index (Phi) is 2.79. The highest BCUT2D eigenvalue weighted by atomic mass is 16.5. The number of pyridine rings is 1. The largest absolute Gasteiger partial charge is 0.497 e. The van der Waals surface area contributed by atoms with Crippen molar-refractivity contribution < 1.29 is 4.74 Å². The van der Waals surface area contributed by atoms with Crippen LogP contribution in [0.15, 0.2) is 47.3 Å². The van der Waals surface area contributed by atoms with Gasteiger partial charge in [0.1, 0.15) is 11.6 Å². The van der Waals surface area contributed by atoms with Crippen molar-refractivity contribution in [1.29, 1.82) is 0 Å². The number of hydrogen-bond donors (Lipinski definition) is 1. The third-order valence-corrected chi connectivity index (χ3v) is 2.95. The number of fused-ring (bicyclic) bond motifs is 1. The lowest BCUT2D eigenvalue weighted by atomic mass is 10.1. The van der Waals surface area contributed by atoms with Crippen LogP contribution in [0.2, 0.25) is 0 Å². The van der Waals surface area contributed by atoms with E-state index in [9.17, 15) is 4.79 Å². The third kappa shape index (κ3) is 2.22. The van der Waals surface area contributed by atoms with Gasteiger partial charge in [0.05, 0.1) is 7.11 Å². The monoisotopic (exact) mass is 255 g/mol. The Hall–Kier alpha value is -2.56. The number of nitrogens with zero attached hydrogens (tertiary/aromatic N) is 2. The van der Waals surface area contributed by atoms with Gasteiger partial charge in [-0.3, -0.25) is 9.89 Å². The van der Waals surface area contributed by atoms with Crippen molar-refractivity contribution in [2.75, 3.05) is 7.11 Å². The molecule has 0 saturated heterocycles. The summed E-state index contributed by atoms with van der Waals surface area (Å²) in [6.45, 7) is 0. The minimum atomic E-state index is -0.106. The molecule has 3 rings (SSSR count). The number of methoxy groups -OCH3 is 1. The molecule has 1 N–H and O–H groups in total. The fourth-order valence-corrected chi connectivity index (χ4v) is 1.99. The molecule has 2 aromatic heterocycles. The van der Waals surface area contributed by atoms with Gasteiger partial charge in [-0.05, 0) is 23.8 Å². The summed E-state index contributed by atoms with van der Waals surface area (Å²) in [5.41, 5.74) is 1.63. The van der Waals surface area contributed by atoms with Crippen LogP contribution in [0.25, 0.3) is 5.65 Å². The quantitative estimate of drug-likeness (QED) is 0.773. The van der Waals surface area contributed by atoms with Crippen LogP contribution >= 0.6 is 0 Å². The molecule has 0 aliphatic heterocycles. The third-order valence-electron chi connectivity index (χ3n) is 2.95. The first-order valence-electron chi connectivity index (χ1n) is 5.96. The summed E-state index contributed by atoms with van der Waals surface area (Å²) in [5, 5.41) is 3.00. The Morgan fingerprint density at radius 3 is 2.68 bits per heavy atom. The first kappa shape index (κ1) is 11.5. The Balaban J connectivity index is 1.92. The van der Waals surface area contributed by atoms with E-state index < -0.39 is 0 Å². The van der Waals surface area contributed by atoms with Crippen LogP contribution in [0, 0.1) is 0 Å². The summed E-state index contributed by atoms with van der Waals surface area (Å²) in [5.74, 6) is 1.58. The lowest BCUT2D eigenvalue weighted by Gasteiger charge is -2.01. The Bertz CT molecular complexity index is 756. The second-order valence-corrected chi connectivity index (χ2v) is 4.25. The van der Waals surface area contributed by atoms with Crippen molar-refractivity contribution in [3.8, 4) is 5.75 Å². The molecule has 0 amide bonds. The van der Waals surface area contributed by atoms with E-state index in [4.69, 9.17) is 4.74 Å². The average molecular weight is 255 g/mol. The summed E-state index contributed by atoms with van der Waals surface area (Å²) >= 11 is 0. The molecule has 0 saturated carbocycles.